The van der Waals surface area contributed by atoms with Gasteiger partial charge < -0.3 is 14.8 Å². The molecule has 0 saturated heterocycles. The van der Waals surface area contributed by atoms with Gasteiger partial charge in [-0.25, -0.2) is 9.07 Å². The Morgan fingerprint density at radius 2 is 1.86 bits per heavy atom. The number of nitrogens with zero attached hydrogens (tertiary/aromatic N) is 2. The van der Waals surface area contributed by atoms with Gasteiger partial charge in [0.1, 0.15) is 5.82 Å². The zero-order chi connectivity index (χ0) is 21.0. The smallest absolute Gasteiger partial charge is 0.255 e. The van der Waals surface area contributed by atoms with E-state index in [1.807, 2.05) is 32.0 Å². The van der Waals surface area contributed by atoms with Gasteiger partial charge in [-0.15, -0.1) is 0 Å². The molecule has 0 bridgehead atoms. The molecule has 152 valence electrons. The molecule has 3 aromatic rings. The number of benzene rings is 2. The first-order chi connectivity index (χ1) is 13.9. The lowest BCUT2D eigenvalue weighted by Gasteiger charge is -2.12. The lowest BCUT2D eigenvalue weighted by atomic mass is 10.1. The second-order valence-electron chi connectivity index (χ2n) is 6.53. The van der Waals surface area contributed by atoms with Gasteiger partial charge in [0.05, 0.1) is 36.4 Å². The van der Waals surface area contributed by atoms with Crippen LogP contribution < -0.4 is 14.8 Å². The second kappa shape index (κ2) is 8.77. The number of ether oxygens (including phenoxy) is 2. The van der Waals surface area contributed by atoms with Crippen LogP contribution in [0.15, 0.2) is 42.5 Å². The Morgan fingerprint density at radius 3 is 2.52 bits per heavy atom. The largest absolute Gasteiger partial charge is 0.493 e. The molecule has 1 aromatic heterocycles. The number of rotatable bonds is 7. The Kier molecular flexibility index (Phi) is 6.16. The topological polar surface area (TPSA) is 65.4 Å². The van der Waals surface area contributed by atoms with Crippen molar-refractivity contribution in [1.29, 1.82) is 0 Å². The normalized spacial score (nSPS) is 10.7. The van der Waals surface area contributed by atoms with Crippen LogP contribution in [0.3, 0.4) is 0 Å². The third-order valence-electron chi connectivity index (χ3n) is 4.57. The predicted molar refractivity (Wildman–Crippen MR) is 108 cm³/mol. The summed E-state index contributed by atoms with van der Waals surface area (Å²) in [5.41, 5.74) is 3.39. The van der Waals surface area contributed by atoms with E-state index in [2.05, 4.69) is 10.4 Å². The maximum Gasteiger partial charge on any atom is 0.255 e. The monoisotopic (exact) mass is 397 g/mol. The summed E-state index contributed by atoms with van der Waals surface area (Å²) in [6.45, 7) is 6.38. The number of hydrogen-bond donors (Lipinski definition) is 1. The lowest BCUT2D eigenvalue weighted by Crippen LogP contribution is -2.24. The van der Waals surface area contributed by atoms with Crippen molar-refractivity contribution in [2.24, 2.45) is 0 Å². The molecule has 0 aliphatic carbocycles. The Labute approximate surface area is 169 Å². The number of carbonyl (C=O) groups excluding carboxylic acids is 1. The lowest BCUT2D eigenvalue weighted by molar-refractivity contribution is 0.0949. The molecule has 3 rings (SSSR count). The van der Waals surface area contributed by atoms with Crippen molar-refractivity contribution in [2.75, 3.05) is 13.7 Å². The molecular weight excluding hydrogens is 373 g/mol. The van der Waals surface area contributed by atoms with E-state index >= 15 is 0 Å². The number of carbonyl (C=O) groups is 1. The van der Waals surface area contributed by atoms with E-state index in [9.17, 15) is 9.18 Å². The van der Waals surface area contributed by atoms with Crippen LogP contribution in [0.1, 0.15) is 34.2 Å². The Hall–Kier alpha value is -3.35. The van der Waals surface area contributed by atoms with E-state index < -0.39 is 0 Å². The predicted octanol–water partition coefficient (Wildman–Crippen LogP) is 3.97. The Morgan fingerprint density at radius 1 is 1.14 bits per heavy atom. The van der Waals surface area contributed by atoms with Gasteiger partial charge in [0.25, 0.3) is 5.91 Å². The summed E-state index contributed by atoms with van der Waals surface area (Å²) < 4.78 is 25.7. The van der Waals surface area contributed by atoms with Crippen LogP contribution in [-0.4, -0.2) is 29.4 Å². The number of hydrogen-bond acceptors (Lipinski definition) is 4. The molecule has 1 heterocycles. The standard InChI is InChI=1S/C22H24FN3O3/c1-5-29-19-11-6-16(12-20(19)28-4)13-24-22(27)21-14(2)25-26(15(21)3)18-9-7-17(23)8-10-18/h6-12H,5,13H2,1-4H3,(H,24,27). The van der Waals surface area contributed by atoms with Crippen molar-refractivity contribution in [3.63, 3.8) is 0 Å². The van der Waals surface area contributed by atoms with Crippen LogP contribution in [0.2, 0.25) is 0 Å². The van der Waals surface area contributed by atoms with Crippen LogP contribution in [0, 0.1) is 19.7 Å². The highest BCUT2D eigenvalue weighted by Crippen LogP contribution is 2.28. The minimum Gasteiger partial charge on any atom is -0.493 e. The first-order valence-corrected chi connectivity index (χ1v) is 9.34. The Balaban J connectivity index is 1.77. The first kappa shape index (κ1) is 20.4. The van der Waals surface area contributed by atoms with Crippen molar-refractivity contribution < 1.29 is 18.7 Å². The summed E-state index contributed by atoms with van der Waals surface area (Å²) in [5.74, 6) is 0.743. The molecule has 0 saturated carbocycles. The maximum absolute atomic E-state index is 13.2. The van der Waals surface area contributed by atoms with E-state index in [4.69, 9.17) is 9.47 Å². The van der Waals surface area contributed by atoms with Gasteiger partial charge in [-0.3, -0.25) is 4.79 Å². The summed E-state index contributed by atoms with van der Waals surface area (Å²) in [7, 11) is 1.58. The highest BCUT2D eigenvalue weighted by Gasteiger charge is 2.19. The zero-order valence-electron chi connectivity index (χ0n) is 17.0. The molecule has 0 spiro atoms. The van der Waals surface area contributed by atoms with Gasteiger partial charge in [-0.05, 0) is 62.7 Å². The highest BCUT2D eigenvalue weighted by molar-refractivity contribution is 5.96. The SMILES string of the molecule is CCOc1ccc(CNC(=O)c2c(C)nn(-c3ccc(F)cc3)c2C)cc1OC. The van der Waals surface area contributed by atoms with Gasteiger partial charge in [0.15, 0.2) is 11.5 Å². The minimum atomic E-state index is -0.320. The van der Waals surface area contributed by atoms with E-state index in [0.717, 1.165) is 5.56 Å². The van der Waals surface area contributed by atoms with Crippen molar-refractivity contribution >= 4 is 5.91 Å². The van der Waals surface area contributed by atoms with Gasteiger partial charge in [-0.1, -0.05) is 6.07 Å². The zero-order valence-corrected chi connectivity index (χ0v) is 17.0. The quantitative estimate of drug-likeness (QED) is 0.655. The van der Waals surface area contributed by atoms with Crippen LogP contribution in [-0.2, 0) is 6.54 Å². The molecule has 1 amide bonds. The maximum atomic E-state index is 13.2. The van der Waals surface area contributed by atoms with Crippen LogP contribution in [0.4, 0.5) is 4.39 Å². The van der Waals surface area contributed by atoms with Crippen molar-refractivity contribution in [1.82, 2.24) is 15.1 Å². The van der Waals surface area contributed by atoms with Gasteiger partial charge in [0.2, 0.25) is 0 Å². The van der Waals surface area contributed by atoms with Gasteiger partial charge in [-0.2, -0.15) is 5.10 Å². The molecule has 1 N–H and O–H groups in total. The molecule has 0 aliphatic rings. The fourth-order valence-electron chi connectivity index (χ4n) is 3.17. The average Bonchev–Trinajstić information content (AvgIpc) is 3.01. The van der Waals surface area contributed by atoms with Crippen LogP contribution in [0.25, 0.3) is 5.69 Å². The number of aryl methyl sites for hydroxylation is 1. The number of halogens is 1. The summed E-state index contributed by atoms with van der Waals surface area (Å²) in [5, 5.41) is 7.37. The molecule has 6 nitrogen and oxygen atoms in total. The molecule has 7 heteroatoms. The van der Waals surface area contributed by atoms with E-state index in [1.54, 1.807) is 30.8 Å². The molecule has 0 unspecified atom stereocenters. The summed E-state index contributed by atoms with van der Waals surface area (Å²) in [4.78, 5) is 12.8. The third-order valence-corrected chi connectivity index (χ3v) is 4.57. The van der Waals surface area contributed by atoms with Gasteiger partial charge in [0, 0.05) is 6.54 Å². The first-order valence-electron chi connectivity index (χ1n) is 9.34. The molecule has 0 radical (unpaired) electrons. The number of methoxy groups -OCH3 is 1. The second-order valence-corrected chi connectivity index (χ2v) is 6.53. The Bertz CT molecular complexity index is 1010. The van der Waals surface area contributed by atoms with Crippen molar-refractivity contribution in [3.05, 3.63) is 70.8 Å². The minimum absolute atomic E-state index is 0.221. The van der Waals surface area contributed by atoms with Crippen molar-refractivity contribution in [2.45, 2.75) is 27.3 Å². The summed E-state index contributed by atoms with van der Waals surface area (Å²) in [6, 6.07) is 11.5. The average molecular weight is 397 g/mol. The molecule has 29 heavy (non-hydrogen) atoms. The molecule has 0 aliphatic heterocycles. The molecule has 2 aromatic carbocycles. The van der Waals surface area contributed by atoms with Crippen molar-refractivity contribution in [3.8, 4) is 17.2 Å². The molecule has 0 fully saturated rings. The third kappa shape index (κ3) is 4.39. The van der Waals surface area contributed by atoms with Gasteiger partial charge >= 0.3 is 0 Å². The number of aromatic nitrogens is 2. The number of nitrogens with one attached hydrogen (secondary N) is 1. The fourth-order valence-corrected chi connectivity index (χ4v) is 3.17. The number of amides is 1. The molecule has 0 atom stereocenters. The van der Waals surface area contributed by atoms with E-state index in [0.29, 0.717) is 47.3 Å². The van der Waals surface area contributed by atoms with E-state index in [1.165, 1.54) is 12.1 Å². The fraction of sp³-hybridized carbons (Fsp3) is 0.273. The van der Waals surface area contributed by atoms with E-state index in [-0.39, 0.29) is 11.7 Å². The summed E-state index contributed by atoms with van der Waals surface area (Å²) in [6.07, 6.45) is 0. The molecular formula is C22H24FN3O3. The summed E-state index contributed by atoms with van der Waals surface area (Å²) >= 11 is 0. The highest BCUT2D eigenvalue weighted by atomic mass is 19.1. The van der Waals surface area contributed by atoms with Crippen LogP contribution in [0.5, 0.6) is 11.5 Å². The van der Waals surface area contributed by atoms with Crippen LogP contribution >= 0.6 is 0 Å².